The molecule has 0 saturated carbocycles. The number of aromatic nitrogens is 3. The molecule has 9 heteroatoms. The Bertz CT molecular complexity index is 1080. The summed E-state index contributed by atoms with van der Waals surface area (Å²) in [7, 11) is 0. The maximum atomic E-state index is 12.3. The average molecular weight is 408 g/mol. The van der Waals surface area contributed by atoms with E-state index < -0.39 is 18.5 Å². The van der Waals surface area contributed by atoms with Gasteiger partial charge in [-0.25, -0.2) is 4.79 Å². The number of esters is 1. The van der Waals surface area contributed by atoms with Crippen molar-refractivity contribution in [3.8, 4) is 17.2 Å². The molecule has 0 radical (unpaired) electrons. The van der Waals surface area contributed by atoms with Crippen LogP contribution in [0.25, 0.3) is 5.69 Å². The van der Waals surface area contributed by atoms with Crippen LogP contribution in [-0.4, -0.2) is 40.3 Å². The first kappa shape index (κ1) is 19.4. The zero-order valence-electron chi connectivity index (χ0n) is 16.5. The number of carbonyl (C=O) groups excluding carboxylic acids is 2. The van der Waals surface area contributed by atoms with Gasteiger partial charge in [-0.15, -0.1) is 5.10 Å². The second kappa shape index (κ2) is 8.24. The Morgan fingerprint density at radius 3 is 2.70 bits per heavy atom. The number of hydrogen-bond donors (Lipinski definition) is 1. The van der Waals surface area contributed by atoms with Crippen LogP contribution in [0.1, 0.15) is 34.7 Å². The first-order valence-electron chi connectivity index (χ1n) is 9.36. The summed E-state index contributed by atoms with van der Waals surface area (Å²) >= 11 is 0. The van der Waals surface area contributed by atoms with E-state index in [1.54, 1.807) is 13.0 Å². The minimum Gasteiger partial charge on any atom is -0.454 e. The van der Waals surface area contributed by atoms with Gasteiger partial charge in [0.05, 0.1) is 17.4 Å². The van der Waals surface area contributed by atoms with Crippen molar-refractivity contribution in [1.82, 2.24) is 20.3 Å². The van der Waals surface area contributed by atoms with Gasteiger partial charge in [0.2, 0.25) is 6.79 Å². The zero-order chi connectivity index (χ0) is 21.1. The zero-order valence-corrected chi connectivity index (χ0v) is 16.5. The van der Waals surface area contributed by atoms with Gasteiger partial charge in [0, 0.05) is 0 Å². The average Bonchev–Trinajstić information content (AvgIpc) is 3.38. The molecule has 0 aliphatic carbocycles. The van der Waals surface area contributed by atoms with Gasteiger partial charge >= 0.3 is 5.97 Å². The van der Waals surface area contributed by atoms with Crippen LogP contribution < -0.4 is 14.8 Å². The van der Waals surface area contributed by atoms with Crippen molar-refractivity contribution in [3.63, 3.8) is 0 Å². The Morgan fingerprint density at radius 1 is 1.13 bits per heavy atom. The van der Waals surface area contributed by atoms with Crippen molar-refractivity contribution in [3.05, 3.63) is 65.5 Å². The maximum Gasteiger partial charge on any atom is 0.361 e. The summed E-state index contributed by atoms with van der Waals surface area (Å²) in [6.07, 6.45) is 0. The predicted octanol–water partition coefficient (Wildman–Crippen LogP) is 2.34. The van der Waals surface area contributed by atoms with Crippen molar-refractivity contribution in [1.29, 1.82) is 0 Å². The fourth-order valence-corrected chi connectivity index (χ4v) is 2.99. The Morgan fingerprint density at radius 2 is 1.90 bits per heavy atom. The number of aryl methyl sites for hydroxylation is 1. The fraction of sp³-hybridized carbons (Fsp3) is 0.238. The Labute approximate surface area is 172 Å². The second-order valence-electron chi connectivity index (χ2n) is 6.74. The highest BCUT2D eigenvalue weighted by molar-refractivity contribution is 5.90. The minimum absolute atomic E-state index is 0.0653. The van der Waals surface area contributed by atoms with Crippen LogP contribution in [0.2, 0.25) is 0 Å². The van der Waals surface area contributed by atoms with Crippen molar-refractivity contribution in [2.45, 2.75) is 19.9 Å². The van der Waals surface area contributed by atoms with Gasteiger partial charge in [0.1, 0.15) is 0 Å². The molecule has 9 nitrogen and oxygen atoms in total. The van der Waals surface area contributed by atoms with E-state index in [4.69, 9.17) is 14.2 Å². The molecule has 1 aliphatic rings. The lowest BCUT2D eigenvalue weighted by Gasteiger charge is -2.14. The van der Waals surface area contributed by atoms with E-state index in [-0.39, 0.29) is 18.5 Å². The van der Waals surface area contributed by atoms with Gasteiger partial charge in [0.15, 0.2) is 23.8 Å². The summed E-state index contributed by atoms with van der Waals surface area (Å²) in [5.74, 6) is 0.171. The van der Waals surface area contributed by atoms with Gasteiger partial charge in [-0.05, 0) is 43.7 Å². The number of ether oxygens (including phenoxy) is 3. The number of rotatable bonds is 6. The molecule has 2 heterocycles. The Balaban J connectivity index is 1.34. The molecule has 1 amide bonds. The third kappa shape index (κ3) is 4.09. The minimum atomic E-state index is -0.708. The summed E-state index contributed by atoms with van der Waals surface area (Å²) in [6.45, 7) is 3.24. The Hall–Kier alpha value is -3.88. The highest BCUT2D eigenvalue weighted by atomic mass is 16.7. The van der Waals surface area contributed by atoms with Crippen LogP contribution in [0.5, 0.6) is 11.5 Å². The van der Waals surface area contributed by atoms with Crippen LogP contribution >= 0.6 is 0 Å². The molecule has 1 aromatic heterocycles. The standard InChI is InChI=1S/C21H20N4O5/c1-13(15-8-9-17-18(10-15)30-12-29-17)22-19(26)11-28-21(27)20-14(2)23-25(24-20)16-6-4-3-5-7-16/h3-10,13H,11-12H2,1-2H3,(H,22,26)/t13-/m1/s1. The number of nitrogens with zero attached hydrogens (tertiary/aromatic N) is 3. The van der Waals surface area contributed by atoms with Gasteiger partial charge in [0.25, 0.3) is 5.91 Å². The maximum absolute atomic E-state index is 12.3. The highest BCUT2D eigenvalue weighted by Crippen LogP contribution is 2.34. The number of para-hydroxylation sites is 1. The number of benzene rings is 2. The van der Waals surface area contributed by atoms with Gasteiger partial charge in [-0.1, -0.05) is 24.3 Å². The van der Waals surface area contributed by atoms with Crippen molar-refractivity contribution >= 4 is 11.9 Å². The molecule has 0 bridgehead atoms. The Kier molecular flexibility index (Phi) is 5.34. The van der Waals surface area contributed by atoms with Crippen LogP contribution in [-0.2, 0) is 9.53 Å². The molecule has 30 heavy (non-hydrogen) atoms. The molecule has 0 unspecified atom stereocenters. The fourth-order valence-electron chi connectivity index (χ4n) is 2.99. The summed E-state index contributed by atoms with van der Waals surface area (Å²) in [6, 6.07) is 14.3. The third-order valence-corrected chi connectivity index (χ3v) is 4.57. The lowest BCUT2D eigenvalue weighted by molar-refractivity contribution is -0.124. The van der Waals surface area contributed by atoms with Crippen LogP contribution in [0.3, 0.4) is 0 Å². The van der Waals surface area contributed by atoms with Crippen molar-refractivity contribution in [2.24, 2.45) is 0 Å². The molecule has 1 atom stereocenters. The highest BCUT2D eigenvalue weighted by Gasteiger charge is 2.20. The first-order valence-corrected chi connectivity index (χ1v) is 9.36. The van der Waals surface area contributed by atoms with E-state index in [0.717, 1.165) is 11.3 Å². The van der Waals surface area contributed by atoms with E-state index >= 15 is 0 Å². The SMILES string of the molecule is Cc1nn(-c2ccccc2)nc1C(=O)OCC(=O)N[C@H](C)c1ccc2c(c1)OCO2. The molecule has 4 rings (SSSR count). The molecular formula is C21H20N4O5. The number of nitrogens with one attached hydrogen (secondary N) is 1. The monoisotopic (exact) mass is 408 g/mol. The summed E-state index contributed by atoms with van der Waals surface area (Å²) in [5.41, 5.74) is 2.05. The molecule has 0 fully saturated rings. The molecular weight excluding hydrogens is 388 g/mol. The summed E-state index contributed by atoms with van der Waals surface area (Å²) in [5, 5.41) is 11.2. The molecule has 1 N–H and O–H groups in total. The molecule has 154 valence electrons. The van der Waals surface area contributed by atoms with E-state index in [0.29, 0.717) is 17.2 Å². The molecule has 0 saturated heterocycles. The van der Waals surface area contributed by atoms with Crippen molar-refractivity contribution in [2.75, 3.05) is 13.4 Å². The molecule has 2 aromatic carbocycles. The second-order valence-corrected chi connectivity index (χ2v) is 6.74. The van der Waals surface area contributed by atoms with E-state index in [1.807, 2.05) is 49.4 Å². The van der Waals surface area contributed by atoms with Crippen LogP contribution in [0.4, 0.5) is 0 Å². The number of carbonyl (C=O) groups is 2. The van der Waals surface area contributed by atoms with Gasteiger partial charge in [-0.2, -0.15) is 9.90 Å². The predicted molar refractivity (Wildman–Crippen MR) is 106 cm³/mol. The number of hydrogen-bond acceptors (Lipinski definition) is 7. The van der Waals surface area contributed by atoms with Crippen molar-refractivity contribution < 1.29 is 23.8 Å². The van der Waals surface area contributed by atoms with Crippen LogP contribution in [0.15, 0.2) is 48.5 Å². The van der Waals surface area contributed by atoms with Gasteiger partial charge < -0.3 is 19.5 Å². The summed E-state index contributed by atoms with van der Waals surface area (Å²) in [4.78, 5) is 25.9. The van der Waals surface area contributed by atoms with E-state index in [9.17, 15) is 9.59 Å². The quantitative estimate of drug-likeness (QED) is 0.624. The lowest BCUT2D eigenvalue weighted by atomic mass is 10.1. The molecule has 3 aromatic rings. The molecule has 0 spiro atoms. The third-order valence-electron chi connectivity index (χ3n) is 4.57. The summed E-state index contributed by atoms with van der Waals surface area (Å²) < 4.78 is 15.7. The normalized spacial score (nSPS) is 13.0. The lowest BCUT2D eigenvalue weighted by Crippen LogP contribution is -2.31. The van der Waals surface area contributed by atoms with E-state index in [2.05, 4.69) is 15.5 Å². The molecule has 1 aliphatic heterocycles. The largest absolute Gasteiger partial charge is 0.454 e. The number of amides is 1. The topological polar surface area (TPSA) is 105 Å². The number of fused-ring (bicyclic) bond motifs is 1. The van der Waals surface area contributed by atoms with E-state index in [1.165, 1.54) is 4.80 Å². The smallest absolute Gasteiger partial charge is 0.361 e. The van der Waals surface area contributed by atoms with Crippen LogP contribution in [0, 0.1) is 6.92 Å². The first-order chi connectivity index (χ1) is 14.5. The van der Waals surface area contributed by atoms with Gasteiger partial charge in [-0.3, -0.25) is 4.79 Å².